The lowest BCUT2D eigenvalue weighted by atomic mass is 10.1. The van der Waals surface area contributed by atoms with Gasteiger partial charge in [0.05, 0.1) is 19.1 Å². The maximum absolute atomic E-state index is 12.1. The van der Waals surface area contributed by atoms with Crippen LogP contribution in [0.1, 0.15) is 40.5 Å². The quantitative estimate of drug-likeness (QED) is 0.679. The fourth-order valence-corrected chi connectivity index (χ4v) is 1.88. The van der Waals surface area contributed by atoms with E-state index in [1.807, 2.05) is 18.9 Å². The Labute approximate surface area is 116 Å². The molecule has 0 fully saturated rings. The summed E-state index contributed by atoms with van der Waals surface area (Å²) in [6.45, 7) is 8.27. The van der Waals surface area contributed by atoms with Crippen LogP contribution in [0.15, 0.2) is 0 Å². The standard InChI is InChI=1S/C14H28N2O3/c1-7-12(8-2)15-13(17)11(4)16(5)9-10(3)14(18)19-6/h10-12H,7-9H2,1-6H3,(H,15,17). The SMILES string of the molecule is CCC(CC)NC(=O)C(C)N(C)CC(C)C(=O)OC. The average Bonchev–Trinajstić information content (AvgIpc) is 2.42. The highest BCUT2D eigenvalue weighted by molar-refractivity contribution is 5.81. The van der Waals surface area contributed by atoms with Gasteiger partial charge in [0.15, 0.2) is 0 Å². The van der Waals surface area contributed by atoms with E-state index in [1.165, 1.54) is 7.11 Å². The first-order chi connectivity index (χ1) is 8.87. The van der Waals surface area contributed by atoms with Crippen molar-refractivity contribution in [1.29, 1.82) is 0 Å². The second-order valence-electron chi connectivity index (χ2n) is 5.06. The van der Waals surface area contributed by atoms with Gasteiger partial charge in [0.25, 0.3) is 0 Å². The maximum Gasteiger partial charge on any atom is 0.309 e. The fourth-order valence-electron chi connectivity index (χ4n) is 1.88. The van der Waals surface area contributed by atoms with E-state index in [0.717, 1.165) is 12.8 Å². The first kappa shape index (κ1) is 17.9. The Balaban J connectivity index is 4.35. The van der Waals surface area contributed by atoms with Crippen LogP contribution in [0.3, 0.4) is 0 Å². The Morgan fingerprint density at radius 1 is 1.21 bits per heavy atom. The van der Waals surface area contributed by atoms with Crippen LogP contribution in [0.2, 0.25) is 0 Å². The highest BCUT2D eigenvalue weighted by Gasteiger charge is 2.23. The van der Waals surface area contributed by atoms with E-state index in [-0.39, 0.29) is 29.9 Å². The smallest absolute Gasteiger partial charge is 0.309 e. The van der Waals surface area contributed by atoms with Gasteiger partial charge in [0.2, 0.25) is 5.91 Å². The minimum absolute atomic E-state index is 0.00765. The second kappa shape index (κ2) is 8.91. The van der Waals surface area contributed by atoms with Gasteiger partial charge in [-0.05, 0) is 26.8 Å². The number of rotatable bonds is 8. The number of amides is 1. The molecule has 5 nitrogen and oxygen atoms in total. The van der Waals surface area contributed by atoms with Crippen LogP contribution in [0.25, 0.3) is 0 Å². The van der Waals surface area contributed by atoms with Crippen LogP contribution in [0, 0.1) is 5.92 Å². The van der Waals surface area contributed by atoms with Crippen molar-refractivity contribution in [3.05, 3.63) is 0 Å². The summed E-state index contributed by atoms with van der Waals surface area (Å²) < 4.78 is 4.69. The van der Waals surface area contributed by atoms with Gasteiger partial charge in [0, 0.05) is 12.6 Å². The van der Waals surface area contributed by atoms with Gasteiger partial charge in [-0.3, -0.25) is 14.5 Å². The van der Waals surface area contributed by atoms with Gasteiger partial charge in [-0.1, -0.05) is 20.8 Å². The lowest BCUT2D eigenvalue weighted by molar-refractivity contribution is -0.146. The van der Waals surface area contributed by atoms with Crippen molar-refractivity contribution in [2.75, 3.05) is 20.7 Å². The van der Waals surface area contributed by atoms with Gasteiger partial charge in [-0.25, -0.2) is 0 Å². The van der Waals surface area contributed by atoms with Gasteiger partial charge in [-0.15, -0.1) is 0 Å². The van der Waals surface area contributed by atoms with Gasteiger partial charge >= 0.3 is 5.97 Å². The number of nitrogens with one attached hydrogen (secondary N) is 1. The van der Waals surface area contributed by atoms with Gasteiger partial charge in [-0.2, -0.15) is 0 Å². The van der Waals surface area contributed by atoms with Crippen LogP contribution in [-0.2, 0) is 14.3 Å². The van der Waals surface area contributed by atoms with Crippen molar-refractivity contribution in [3.8, 4) is 0 Å². The summed E-state index contributed by atoms with van der Waals surface area (Å²) in [5, 5.41) is 3.02. The monoisotopic (exact) mass is 272 g/mol. The number of carbonyl (C=O) groups is 2. The molecule has 0 aromatic rings. The van der Waals surface area contributed by atoms with Crippen molar-refractivity contribution >= 4 is 11.9 Å². The molecule has 0 rings (SSSR count). The third kappa shape index (κ3) is 6.05. The van der Waals surface area contributed by atoms with Crippen LogP contribution < -0.4 is 5.32 Å². The maximum atomic E-state index is 12.1. The minimum atomic E-state index is -0.257. The van der Waals surface area contributed by atoms with E-state index in [2.05, 4.69) is 23.9 Å². The number of carbonyl (C=O) groups excluding carboxylic acids is 2. The molecule has 2 unspecified atom stereocenters. The molecule has 0 aromatic heterocycles. The predicted octanol–water partition coefficient (Wildman–Crippen LogP) is 1.42. The molecule has 0 aromatic carbocycles. The molecule has 0 bridgehead atoms. The number of likely N-dealkylation sites (N-methyl/N-ethyl adjacent to an activating group) is 1. The van der Waals surface area contributed by atoms with E-state index in [9.17, 15) is 9.59 Å². The van der Waals surface area contributed by atoms with Crippen molar-refractivity contribution in [3.63, 3.8) is 0 Å². The Kier molecular flexibility index (Phi) is 8.39. The topological polar surface area (TPSA) is 58.6 Å². The van der Waals surface area contributed by atoms with E-state index >= 15 is 0 Å². The molecule has 0 heterocycles. The van der Waals surface area contributed by atoms with E-state index in [4.69, 9.17) is 0 Å². The van der Waals surface area contributed by atoms with E-state index in [0.29, 0.717) is 6.54 Å². The molecular weight excluding hydrogens is 244 g/mol. The molecular formula is C14H28N2O3. The zero-order chi connectivity index (χ0) is 15.0. The normalized spacial score (nSPS) is 14.3. The Morgan fingerprint density at radius 2 is 1.74 bits per heavy atom. The summed E-state index contributed by atoms with van der Waals surface area (Å²) in [6, 6.07) is -0.0333. The highest BCUT2D eigenvalue weighted by Crippen LogP contribution is 2.06. The van der Waals surface area contributed by atoms with Crippen molar-refractivity contribution < 1.29 is 14.3 Å². The average molecular weight is 272 g/mol. The van der Waals surface area contributed by atoms with Gasteiger partial charge in [0.1, 0.15) is 0 Å². The summed E-state index contributed by atoms with van der Waals surface area (Å²) >= 11 is 0. The molecule has 0 aliphatic heterocycles. The number of methoxy groups -OCH3 is 1. The summed E-state index contributed by atoms with van der Waals surface area (Å²) in [5.74, 6) is -0.480. The van der Waals surface area contributed by atoms with E-state index in [1.54, 1.807) is 6.92 Å². The van der Waals surface area contributed by atoms with E-state index < -0.39 is 0 Å². The molecule has 19 heavy (non-hydrogen) atoms. The number of nitrogens with zero attached hydrogens (tertiary/aromatic N) is 1. The summed E-state index contributed by atoms with van der Waals surface area (Å²) in [5.41, 5.74) is 0. The third-order valence-corrected chi connectivity index (χ3v) is 3.54. The molecule has 2 atom stereocenters. The molecule has 0 radical (unpaired) electrons. The Bertz CT molecular complexity index is 290. The number of hydrogen-bond acceptors (Lipinski definition) is 4. The first-order valence-electron chi connectivity index (χ1n) is 6.95. The Morgan fingerprint density at radius 3 is 2.16 bits per heavy atom. The zero-order valence-corrected chi connectivity index (χ0v) is 13.0. The molecule has 0 saturated carbocycles. The Hall–Kier alpha value is -1.10. The van der Waals surface area contributed by atoms with Gasteiger partial charge < -0.3 is 10.1 Å². The lowest BCUT2D eigenvalue weighted by Gasteiger charge is -2.27. The summed E-state index contributed by atoms with van der Waals surface area (Å²) in [7, 11) is 3.22. The molecule has 1 amide bonds. The molecule has 5 heteroatoms. The summed E-state index contributed by atoms with van der Waals surface area (Å²) in [4.78, 5) is 25.3. The number of ether oxygens (including phenoxy) is 1. The third-order valence-electron chi connectivity index (χ3n) is 3.54. The number of esters is 1. The predicted molar refractivity (Wildman–Crippen MR) is 75.8 cm³/mol. The van der Waals surface area contributed by atoms with Crippen molar-refractivity contribution in [2.24, 2.45) is 5.92 Å². The molecule has 0 saturated heterocycles. The molecule has 0 spiro atoms. The first-order valence-corrected chi connectivity index (χ1v) is 6.95. The fraction of sp³-hybridized carbons (Fsp3) is 0.857. The lowest BCUT2D eigenvalue weighted by Crippen LogP contribution is -2.48. The van der Waals surface area contributed by atoms with Crippen LogP contribution in [-0.4, -0.2) is 49.6 Å². The minimum Gasteiger partial charge on any atom is -0.469 e. The molecule has 0 aliphatic rings. The molecule has 112 valence electrons. The van der Waals surface area contributed by atoms with Crippen LogP contribution in [0.4, 0.5) is 0 Å². The second-order valence-corrected chi connectivity index (χ2v) is 5.06. The van der Waals surface area contributed by atoms with Crippen LogP contribution >= 0.6 is 0 Å². The highest BCUT2D eigenvalue weighted by atomic mass is 16.5. The van der Waals surface area contributed by atoms with Crippen molar-refractivity contribution in [2.45, 2.75) is 52.6 Å². The van der Waals surface area contributed by atoms with Crippen LogP contribution in [0.5, 0.6) is 0 Å². The van der Waals surface area contributed by atoms with Crippen molar-refractivity contribution in [1.82, 2.24) is 10.2 Å². The molecule has 0 aliphatic carbocycles. The summed E-state index contributed by atoms with van der Waals surface area (Å²) in [6.07, 6.45) is 1.86. The number of hydrogen-bond donors (Lipinski definition) is 1. The largest absolute Gasteiger partial charge is 0.469 e. The zero-order valence-electron chi connectivity index (χ0n) is 13.0. The molecule has 1 N–H and O–H groups in total.